The third-order valence-corrected chi connectivity index (χ3v) is 2.74. The largest absolute Gasteiger partial charge is 0.458 e. The third-order valence-electron chi connectivity index (χ3n) is 2.74. The number of aromatic nitrogens is 3. The normalized spacial score (nSPS) is 13.3. The Morgan fingerprint density at radius 1 is 1.32 bits per heavy atom. The molecular formula is C12H10F3N3O. The molecule has 19 heavy (non-hydrogen) atoms. The van der Waals surface area contributed by atoms with Gasteiger partial charge in [-0.15, -0.1) is 0 Å². The minimum absolute atomic E-state index is 0.203. The molecule has 0 amide bonds. The zero-order chi connectivity index (χ0) is 14.0. The van der Waals surface area contributed by atoms with Gasteiger partial charge in [0.1, 0.15) is 0 Å². The van der Waals surface area contributed by atoms with Crippen molar-refractivity contribution in [3.63, 3.8) is 0 Å². The molecule has 2 heterocycles. The van der Waals surface area contributed by atoms with Gasteiger partial charge in [-0.1, -0.05) is 6.92 Å². The number of H-pyrrole nitrogens is 1. The molecule has 100 valence electrons. The standard InChI is InChI=1S/C12H10F3N3O/c1-7(8-2-4-16-5-3-8)9-6-17-11(18-9)10(19)12(13,14)15/h2-7H,1H3,(H,17,18). The van der Waals surface area contributed by atoms with Crippen LogP contribution in [0, 0.1) is 0 Å². The highest BCUT2D eigenvalue weighted by Gasteiger charge is 2.41. The van der Waals surface area contributed by atoms with E-state index in [1.807, 2.05) is 0 Å². The first-order valence-corrected chi connectivity index (χ1v) is 5.46. The van der Waals surface area contributed by atoms with E-state index in [4.69, 9.17) is 0 Å². The summed E-state index contributed by atoms with van der Waals surface area (Å²) in [5.41, 5.74) is 1.31. The summed E-state index contributed by atoms with van der Waals surface area (Å²) in [5, 5.41) is 0. The van der Waals surface area contributed by atoms with E-state index in [1.54, 1.807) is 31.5 Å². The smallest absolute Gasteiger partial charge is 0.339 e. The van der Waals surface area contributed by atoms with Crippen molar-refractivity contribution < 1.29 is 18.0 Å². The topological polar surface area (TPSA) is 58.6 Å². The number of Topliss-reactive ketones (excluding diaryl/α,β-unsaturated/α-hetero) is 1. The van der Waals surface area contributed by atoms with Crippen LogP contribution in [0.1, 0.15) is 34.7 Å². The number of alkyl halides is 3. The number of aromatic amines is 1. The van der Waals surface area contributed by atoms with E-state index >= 15 is 0 Å². The number of carbonyl (C=O) groups is 1. The highest BCUT2D eigenvalue weighted by molar-refractivity contribution is 5.97. The SMILES string of the molecule is CC(c1ccncc1)c1cnc(C(=O)C(F)(F)F)[nH]1. The van der Waals surface area contributed by atoms with E-state index in [2.05, 4.69) is 15.0 Å². The van der Waals surface area contributed by atoms with Gasteiger partial charge in [0.15, 0.2) is 5.82 Å². The number of pyridine rings is 1. The van der Waals surface area contributed by atoms with Gasteiger partial charge in [0.25, 0.3) is 0 Å². The zero-order valence-corrected chi connectivity index (χ0v) is 9.90. The predicted octanol–water partition coefficient (Wildman–Crippen LogP) is 2.70. The van der Waals surface area contributed by atoms with Crippen molar-refractivity contribution in [3.8, 4) is 0 Å². The molecule has 1 N–H and O–H groups in total. The van der Waals surface area contributed by atoms with Gasteiger partial charge in [-0.05, 0) is 17.7 Å². The molecule has 1 atom stereocenters. The van der Waals surface area contributed by atoms with Crippen molar-refractivity contribution in [2.45, 2.75) is 19.0 Å². The number of hydrogen-bond acceptors (Lipinski definition) is 3. The summed E-state index contributed by atoms with van der Waals surface area (Å²) in [6.45, 7) is 1.80. The van der Waals surface area contributed by atoms with Crippen LogP contribution in [-0.2, 0) is 0 Å². The lowest BCUT2D eigenvalue weighted by atomic mass is 10.00. The molecule has 0 bridgehead atoms. The Morgan fingerprint density at radius 3 is 2.53 bits per heavy atom. The lowest BCUT2D eigenvalue weighted by Gasteiger charge is -2.08. The number of carbonyl (C=O) groups excluding carboxylic acids is 1. The van der Waals surface area contributed by atoms with Crippen molar-refractivity contribution >= 4 is 5.78 Å². The Kier molecular flexibility index (Phi) is 3.37. The second kappa shape index (κ2) is 4.83. The molecule has 0 aliphatic carbocycles. The molecule has 2 rings (SSSR count). The van der Waals surface area contributed by atoms with Crippen molar-refractivity contribution in [3.05, 3.63) is 47.8 Å². The molecule has 2 aromatic heterocycles. The number of nitrogens with zero attached hydrogens (tertiary/aromatic N) is 2. The van der Waals surface area contributed by atoms with Crippen LogP contribution in [0.5, 0.6) is 0 Å². The van der Waals surface area contributed by atoms with Crippen LogP contribution in [0.15, 0.2) is 30.7 Å². The molecule has 7 heteroatoms. The number of imidazole rings is 1. The van der Waals surface area contributed by atoms with Crippen molar-refractivity contribution in [2.24, 2.45) is 0 Å². The lowest BCUT2D eigenvalue weighted by molar-refractivity contribution is -0.0891. The fraction of sp³-hybridized carbons (Fsp3) is 0.250. The summed E-state index contributed by atoms with van der Waals surface area (Å²) in [6.07, 6.45) is -0.507. The first-order valence-electron chi connectivity index (χ1n) is 5.46. The van der Waals surface area contributed by atoms with Gasteiger partial charge in [-0.2, -0.15) is 13.2 Å². The fourth-order valence-electron chi connectivity index (χ4n) is 1.64. The number of hydrogen-bond donors (Lipinski definition) is 1. The summed E-state index contributed by atoms with van der Waals surface area (Å²) in [4.78, 5) is 20.8. The summed E-state index contributed by atoms with van der Waals surface area (Å²) in [7, 11) is 0. The van der Waals surface area contributed by atoms with Crippen LogP contribution in [0.3, 0.4) is 0 Å². The van der Waals surface area contributed by atoms with Crippen LogP contribution in [0.2, 0.25) is 0 Å². The van der Waals surface area contributed by atoms with Gasteiger partial charge < -0.3 is 4.98 Å². The monoisotopic (exact) mass is 269 g/mol. The minimum Gasteiger partial charge on any atom is -0.339 e. The Balaban J connectivity index is 2.25. The summed E-state index contributed by atoms with van der Waals surface area (Å²) < 4.78 is 36.8. The average Bonchev–Trinajstić information content (AvgIpc) is 2.86. The fourth-order valence-corrected chi connectivity index (χ4v) is 1.64. The molecule has 0 saturated heterocycles. The molecule has 0 aliphatic rings. The molecule has 0 spiro atoms. The summed E-state index contributed by atoms with van der Waals surface area (Å²) in [5.74, 6) is -2.87. The highest BCUT2D eigenvalue weighted by atomic mass is 19.4. The van der Waals surface area contributed by atoms with E-state index in [0.29, 0.717) is 5.69 Å². The van der Waals surface area contributed by atoms with Gasteiger partial charge in [-0.25, -0.2) is 4.98 Å². The van der Waals surface area contributed by atoms with Gasteiger partial charge in [0.2, 0.25) is 0 Å². The molecule has 2 aromatic rings. The van der Waals surface area contributed by atoms with Crippen LogP contribution in [-0.4, -0.2) is 26.9 Å². The Labute approximate surface area is 106 Å². The number of halogens is 3. The molecular weight excluding hydrogens is 259 g/mol. The Bertz CT molecular complexity index is 577. The second-order valence-corrected chi connectivity index (χ2v) is 4.02. The van der Waals surface area contributed by atoms with Crippen molar-refractivity contribution in [1.82, 2.24) is 15.0 Å². The van der Waals surface area contributed by atoms with E-state index < -0.39 is 17.8 Å². The van der Waals surface area contributed by atoms with Gasteiger partial charge in [0.05, 0.1) is 0 Å². The number of rotatable bonds is 3. The van der Waals surface area contributed by atoms with Crippen LogP contribution in [0.25, 0.3) is 0 Å². The predicted molar refractivity (Wildman–Crippen MR) is 60.7 cm³/mol. The highest BCUT2D eigenvalue weighted by Crippen LogP contribution is 2.24. The van der Waals surface area contributed by atoms with Gasteiger partial charge in [0, 0.05) is 30.2 Å². The molecule has 0 aromatic carbocycles. The molecule has 0 radical (unpaired) electrons. The zero-order valence-electron chi connectivity index (χ0n) is 9.90. The van der Waals surface area contributed by atoms with E-state index in [-0.39, 0.29) is 5.92 Å². The van der Waals surface area contributed by atoms with Crippen molar-refractivity contribution in [2.75, 3.05) is 0 Å². The quantitative estimate of drug-likeness (QED) is 0.871. The molecule has 1 unspecified atom stereocenters. The first-order chi connectivity index (χ1) is 8.89. The van der Waals surface area contributed by atoms with Crippen molar-refractivity contribution in [1.29, 1.82) is 0 Å². The average molecular weight is 269 g/mol. The summed E-state index contributed by atoms with van der Waals surface area (Å²) >= 11 is 0. The maximum Gasteiger partial charge on any atom is 0.458 e. The minimum atomic E-state index is -4.92. The third kappa shape index (κ3) is 2.81. The van der Waals surface area contributed by atoms with E-state index in [9.17, 15) is 18.0 Å². The molecule has 0 saturated carbocycles. The maximum absolute atomic E-state index is 12.3. The van der Waals surface area contributed by atoms with Gasteiger partial charge >= 0.3 is 12.0 Å². The lowest BCUT2D eigenvalue weighted by Crippen LogP contribution is -2.24. The van der Waals surface area contributed by atoms with Crippen LogP contribution < -0.4 is 0 Å². The number of nitrogens with one attached hydrogen (secondary N) is 1. The van der Waals surface area contributed by atoms with Crippen LogP contribution >= 0.6 is 0 Å². The number of ketones is 1. The Hall–Kier alpha value is -2.18. The summed E-state index contributed by atoms with van der Waals surface area (Å²) in [6, 6.07) is 3.49. The van der Waals surface area contributed by atoms with E-state index in [1.165, 1.54) is 6.20 Å². The molecule has 0 fully saturated rings. The van der Waals surface area contributed by atoms with Gasteiger partial charge in [-0.3, -0.25) is 9.78 Å². The van der Waals surface area contributed by atoms with E-state index in [0.717, 1.165) is 5.56 Å². The maximum atomic E-state index is 12.3. The molecule has 0 aliphatic heterocycles. The Morgan fingerprint density at radius 2 is 1.95 bits per heavy atom. The first kappa shape index (κ1) is 13.3. The molecule has 4 nitrogen and oxygen atoms in total. The van der Waals surface area contributed by atoms with Crippen LogP contribution in [0.4, 0.5) is 13.2 Å². The second-order valence-electron chi connectivity index (χ2n) is 4.02.